The molecule has 27 heavy (non-hydrogen) atoms. The van der Waals surface area contributed by atoms with Crippen molar-refractivity contribution in [3.05, 3.63) is 36.2 Å². The van der Waals surface area contributed by atoms with E-state index in [1.807, 2.05) is 50.5 Å². The zero-order chi connectivity index (χ0) is 19.6. The number of benzene rings is 1. The largest absolute Gasteiger partial charge is 0.444 e. The number of hydrogen-bond acceptors (Lipinski definition) is 4. The number of nitrogens with zero attached hydrogens (tertiary/aromatic N) is 3. The highest BCUT2D eigenvalue weighted by molar-refractivity contribution is 5.70. The molecule has 1 aliphatic rings. The smallest absolute Gasteiger partial charge is 0.410 e. The molecule has 6 heteroatoms. The van der Waals surface area contributed by atoms with Crippen LogP contribution in [0.1, 0.15) is 32.9 Å². The lowest BCUT2D eigenvalue weighted by Gasteiger charge is -2.24. The van der Waals surface area contributed by atoms with Crippen molar-refractivity contribution in [2.75, 3.05) is 25.0 Å². The fourth-order valence-electron chi connectivity index (χ4n) is 3.43. The second-order valence-electron chi connectivity index (χ2n) is 8.34. The van der Waals surface area contributed by atoms with E-state index in [0.717, 1.165) is 48.6 Å². The van der Waals surface area contributed by atoms with Gasteiger partial charge in [-0.3, -0.25) is 4.68 Å². The Kier molecular flexibility index (Phi) is 5.44. The van der Waals surface area contributed by atoms with Gasteiger partial charge in [-0.2, -0.15) is 5.10 Å². The van der Waals surface area contributed by atoms with Crippen LogP contribution in [0.4, 0.5) is 10.5 Å². The first kappa shape index (κ1) is 19.3. The first-order chi connectivity index (χ1) is 12.7. The average Bonchev–Trinajstić information content (AvgIpc) is 3.18. The predicted molar refractivity (Wildman–Crippen MR) is 108 cm³/mol. The maximum atomic E-state index is 12.2. The molecule has 1 fully saturated rings. The highest BCUT2D eigenvalue weighted by atomic mass is 16.6. The molecule has 0 spiro atoms. The molecule has 1 atom stereocenters. The Hall–Kier alpha value is -2.50. The van der Waals surface area contributed by atoms with Gasteiger partial charge in [0, 0.05) is 44.1 Å². The average molecular weight is 370 g/mol. The normalized spacial score (nSPS) is 17.2. The molecule has 1 N–H and O–H groups in total. The first-order valence-electron chi connectivity index (χ1n) is 9.54. The Morgan fingerprint density at radius 3 is 2.81 bits per heavy atom. The number of amides is 1. The molecule has 1 unspecified atom stereocenters. The molecule has 1 saturated heterocycles. The number of aryl methyl sites for hydroxylation is 2. The van der Waals surface area contributed by atoms with Crippen molar-refractivity contribution >= 4 is 11.8 Å². The molecule has 0 aliphatic carbocycles. The molecule has 6 nitrogen and oxygen atoms in total. The zero-order valence-corrected chi connectivity index (χ0v) is 17.0. The number of nitrogens with one attached hydrogen (secondary N) is 1. The van der Waals surface area contributed by atoms with Crippen LogP contribution in [-0.4, -0.2) is 46.0 Å². The number of likely N-dealkylation sites (tertiary alicyclic amines) is 1. The van der Waals surface area contributed by atoms with Gasteiger partial charge in [0.25, 0.3) is 0 Å². The number of carbonyl (C=O) groups excluding carboxylic acids is 1. The van der Waals surface area contributed by atoms with Crippen molar-refractivity contribution in [2.45, 2.75) is 39.7 Å². The van der Waals surface area contributed by atoms with E-state index in [2.05, 4.69) is 34.7 Å². The van der Waals surface area contributed by atoms with Gasteiger partial charge in [-0.25, -0.2) is 4.79 Å². The molecule has 0 radical (unpaired) electrons. The second kappa shape index (κ2) is 7.62. The van der Waals surface area contributed by atoms with Gasteiger partial charge in [0.05, 0.1) is 5.69 Å². The molecule has 1 aromatic carbocycles. The molecule has 146 valence electrons. The lowest BCUT2D eigenvalue weighted by atomic mass is 10.1. The van der Waals surface area contributed by atoms with Gasteiger partial charge in [-0.05, 0) is 57.7 Å². The molecular weight excluding hydrogens is 340 g/mol. The standard InChI is InChI=1S/C21H30N4O2/c1-15-19(14-24(5)23-15)17-7-6-8-18(11-17)22-12-16-9-10-25(13-16)20(26)27-21(2,3)4/h6-8,11,14,16,22H,9-10,12-13H2,1-5H3. The highest BCUT2D eigenvalue weighted by Crippen LogP contribution is 2.26. The van der Waals surface area contributed by atoms with Crippen LogP contribution in [0.15, 0.2) is 30.5 Å². The van der Waals surface area contributed by atoms with Crippen molar-refractivity contribution < 1.29 is 9.53 Å². The molecule has 1 aliphatic heterocycles. The molecule has 3 rings (SSSR count). The van der Waals surface area contributed by atoms with Crippen molar-refractivity contribution in [1.29, 1.82) is 0 Å². The van der Waals surface area contributed by atoms with Gasteiger partial charge in [0.1, 0.15) is 5.60 Å². The van der Waals surface area contributed by atoms with Crippen LogP contribution < -0.4 is 5.32 Å². The van der Waals surface area contributed by atoms with Gasteiger partial charge >= 0.3 is 6.09 Å². The summed E-state index contributed by atoms with van der Waals surface area (Å²) < 4.78 is 7.31. The van der Waals surface area contributed by atoms with E-state index in [0.29, 0.717) is 5.92 Å². The summed E-state index contributed by atoms with van der Waals surface area (Å²) in [6.45, 7) is 10.1. The fraction of sp³-hybridized carbons (Fsp3) is 0.524. The lowest BCUT2D eigenvalue weighted by molar-refractivity contribution is 0.0289. The molecule has 0 bridgehead atoms. The maximum Gasteiger partial charge on any atom is 0.410 e. The molecular formula is C21H30N4O2. The first-order valence-corrected chi connectivity index (χ1v) is 9.54. The summed E-state index contributed by atoms with van der Waals surface area (Å²) in [6.07, 6.45) is 2.83. The van der Waals surface area contributed by atoms with Crippen LogP contribution in [0.25, 0.3) is 11.1 Å². The topological polar surface area (TPSA) is 59.4 Å². The van der Waals surface area contributed by atoms with E-state index < -0.39 is 5.60 Å². The molecule has 2 heterocycles. The number of carbonyl (C=O) groups is 1. The third kappa shape index (κ3) is 5.02. The number of hydrogen-bond donors (Lipinski definition) is 1. The van der Waals surface area contributed by atoms with Crippen LogP contribution in [-0.2, 0) is 11.8 Å². The summed E-state index contributed by atoms with van der Waals surface area (Å²) in [7, 11) is 1.94. The summed E-state index contributed by atoms with van der Waals surface area (Å²) in [4.78, 5) is 14.0. The van der Waals surface area contributed by atoms with Gasteiger partial charge in [0.2, 0.25) is 0 Å². The van der Waals surface area contributed by atoms with Gasteiger partial charge in [-0.15, -0.1) is 0 Å². The summed E-state index contributed by atoms with van der Waals surface area (Å²) in [5.41, 5.74) is 3.98. The highest BCUT2D eigenvalue weighted by Gasteiger charge is 2.29. The Bertz CT molecular complexity index is 807. The number of aromatic nitrogens is 2. The summed E-state index contributed by atoms with van der Waals surface area (Å²) in [5.74, 6) is 0.432. The quantitative estimate of drug-likeness (QED) is 0.881. The van der Waals surface area contributed by atoms with E-state index in [-0.39, 0.29) is 6.09 Å². The number of ether oxygens (including phenoxy) is 1. The number of anilines is 1. The van der Waals surface area contributed by atoms with E-state index in [9.17, 15) is 4.79 Å². The maximum absolute atomic E-state index is 12.2. The SMILES string of the molecule is Cc1nn(C)cc1-c1cccc(NCC2CCN(C(=O)OC(C)(C)C)C2)c1. The van der Waals surface area contributed by atoms with E-state index in [4.69, 9.17) is 4.74 Å². The monoisotopic (exact) mass is 370 g/mol. The molecule has 1 aromatic heterocycles. The Morgan fingerprint density at radius 1 is 1.37 bits per heavy atom. The van der Waals surface area contributed by atoms with Crippen LogP contribution >= 0.6 is 0 Å². The van der Waals surface area contributed by atoms with Crippen LogP contribution in [0, 0.1) is 12.8 Å². The van der Waals surface area contributed by atoms with E-state index >= 15 is 0 Å². The predicted octanol–water partition coefficient (Wildman–Crippen LogP) is 4.06. The summed E-state index contributed by atoms with van der Waals surface area (Å²) in [5, 5.41) is 7.95. The van der Waals surface area contributed by atoms with E-state index in [1.165, 1.54) is 0 Å². The molecule has 2 aromatic rings. The van der Waals surface area contributed by atoms with Crippen molar-refractivity contribution in [2.24, 2.45) is 13.0 Å². The third-order valence-corrected chi connectivity index (χ3v) is 4.72. The van der Waals surface area contributed by atoms with Gasteiger partial charge in [-0.1, -0.05) is 12.1 Å². The summed E-state index contributed by atoms with van der Waals surface area (Å²) >= 11 is 0. The third-order valence-electron chi connectivity index (χ3n) is 4.72. The van der Waals surface area contributed by atoms with Crippen molar-refractivity contribution in [1.82, 2.24) is 14.7 Å². The van der Waals surface area contributed by atoms with Gasteiger partial charge in [0.15, 0.2) is 0 Å². The minimum Gasteiger partial charge on any atom is -0.444 e. The van der Waals surface area contributed by atoms with Crippen molar-refractivity contribution in [3.8, 4) is 11.1 Å². The fourth-order valence-corrected chi connectivity index (χ4v) is 3.43. The van der Waals surface area contributed by atoms with Crippen LogP contribution in [0.2, 0.25) is 0 Å². The van der Waals surface area contributed by atoms with Crippen molar-refractivity contribution in [3.63, 3.8) is 0 Å². The van der Waals surface area contributed by atoms with Crippen LogP contribution in [0.3, 0.4) is 0 Å². The molecule has 0 saturated carbocycles. The zero-order valence-electron chi connectivity index (χ0n) is 17.0. The Balaban J connectivity index is 1.56. The Labute approximate surface area is 161 Å². The summed E-state index contributed by atoms with van der Waals surface area (Å²) in [6, 6.07) is 8.40. The molecule has 1 amide bonds. The minimum atomic E-state index is -0.446. The van der Waals surface area contributed by atoms with E-state index in [1.54, 1.807) is 0 Å². The van der Waals surface area contributed by atoms with Crippen LogP contribution in [0.5, 0.6) is 0 Å². The lowest BCUT2D eigenvalue weighted by Crippen LogP contribution is -2.35. The Morgan fingerprint density at radius 2 is 2.15 bits per heavy atom. The number of rotatable bonds is 4. The van der Waals surface area contributed by atoms with Gasteiger partial charge < -0.3 is 15.0 Å². The second-order valence-corrected chi connectivity index (χ2v) is 8.34. The minimum absolute atomic E-state index is 0.209.